The van der Waals surface area contributed by atoms with Gasteiger partial charge in [0.05, 0.1) is 85.0 Å². The van der Waals surface area contributed by atoms with Gasteiger partial charge in [0.1, 0.15) is 23.3 Å². The van der Waals surface area contributed by atoms with Crippen LogP contribution in [0.5, 0.6) is 0 Å². The minimum Gasteiger partial charge on any atom is -0.207 e. The van der Waals surface area contributed by atoms with Gasteiger partial charge in [-0.2, -0.15) is 134 Å². The Morgan fingerprint density at radius 2 is 0.343 bits per heavy atom. The van der Waals surface area contributed by atoms with E-state index in [1.54, 1.807) is 18.2 Å². The smallest absolute Gasteiger partial charge is 0.207 e. The van der Waals surface area contributed by atoms with Crippen LogP contribution in [0.15, 0.2) is 146 Å². The highest BCUT2D eigenvalue weighted by Crippen LogP contribution is 2.40. The largest absolute Gasteiger partial charge is 0.416 e. The number of benzene rings is 8. The molecule has 0 aliphatic carbocycles. The second kappa shape index (κ2) is 36.1. The van der Waals surface area contributed by atoms with Crippen LogP contribution in [0.25, 0.3) is 0 Å². The van der Waals surface area contributed by atoms with Gasteiger partial charge in [-0.05, 0) is 197 Å². The lowest BCUT2D eigenvalue weighted by Gasteiger charge is -2.13. The summed E-state index contributed by atoms with van der Waals surface area (Å²) in [6, 6.07) is 27.5. The normalized spacial score (nSPS) is 11.6. The molecule has 8 aromatic carbocycles. The molecule has 0 amide bonds. The number of nitrogens with zero attached hydrogens (tertiary/aromatic N) is 3. The molecule has 102 heavy (non-hydrogen) atoms. The van der Waals surface area contributed by atoms with Gasteiger partial charge in [0.15, 0.2) is 0 Å². The summed E-state index contributed by atoms with van der Waals surface area (Å²) in [4.78, 5) is 0. The summed E-state index contributed by atoms with van der Waals surface area (Å²) in [5.41, 5.74) is -8.06. The van der Waals surface area contributed by atoms with Crippen LogP contribution in [-0.4, -0.2) is 0 Å². The van der Waals surface area contributed by atoms with E-state index in [9.17, 15) is 136 Å². The summed E-state index contributed by atoms with van der Waals surface area (Å²) < 4.78 is 378. The van der Waals surface area contributed by atoms with Crippen LogP contribution in [-0.2, 0) is 55.6 Å². The number of nitriles is 3. The van der Waals surface area contributed by atoms with E-state index in [-0.39, 0.29) is 67.3 Å². The fourth-order valence-corrected chi connectivity index (χ4v) is 7.69. The molecule has 8 rings (SSSR count). The molecule has 0 saturated heterocycles. The van der Waals surface area contributed by atoms with Crippen molar-refractivity contribution in [3.8, 4) is 18.2 Å². The van der Waals surface area contributed by atoms with E-state index >= 15 is 0 Å². The second-order valence-electron chi connectivity index (χ2n) is 20.8. The Bertz CT molecular complexity index is 3790. The number of hydrogen-bond donors (Lipinski definition) is 0. The lowest BCUT2D eigenvalue weighted by molar-refractivity contribution is -0.144. The first-order valence-electron chi connectivity index (χ1n) is 27.4. The van der Waals surface area contributed by atoms with E-state index < -0.39 is 129 Å². The average molecular weight is 1500 g/mol. The van der Waals surface area contributed by atoms with E-state index in [1.165, 1.54) is 84.9 Å². The van der Waals surface area contributed by atoms with Crippen LogP contribution in [0.2, 0.25) is 0 Å². The lowest BCUT2D eigenvalue weighted by atomic mass is 10.0. The third-order valence-corrected chi connectivity index (χ3v) is 12.9. The summed E-state index contributed by atoms with van der Waals surface area (Å²) in [6.45, 7) is 10.4. The molecule has 0 unspecified atom stereocenters. The maximum Gasteiger partial charge on any atom is 0.416 e. The van der Waals surface area contributed by atoms with Gasteiger partial charge in [-0.1, -0.05) is 48.5 Å². The number of rotatable bonds is 0. The summed E-state index contributed by atoms with van der Waals surface area (Å²) in [6.07, 6.45) is -40.5. The second-order valence-corrected chi connectivity index (χ2v) is 20.8. The van der Waals surface area contributed by atoms with Crippen LogP contribution in [0.1, 0.15) is 111 Å². The molecule has 0 N–H and O–H groups in total. The quantitative estimate of drug-likeness (QED) is 0.142. The van der Waals surface area contributed by atoms with E-state index in [4.69, 9.17) is 15.8 Å². The van der Waals surface area contributed by atoms with Crippen molar-refractivity contribution >= 4 is 0 Å². The molecular formula is C68H48F31N3. The van der Waals surface area contributed by atoms with Gasteiger partial charge in [-0.25, -0.2) is 17.6 Å². The molecule has 3 nitrogen and oxygen atoms in total. The fraction of sp³-hybridized carbons (Fsp3) is 0.250. The zero-order valence-corrected chi connectivity index (χ0v) is 52.9. The van der Waals surface area contributed by atoms with E-state index in [0.29, 0.717) is 30.3 Å². The van der Waals surface area contributed by atoms with Crippen LogP contribution in [0.4, 0.5) is 136 Å². The fourth-order valence-electron chi connectivity index (χ4n) is 7.69. The minimum absolute atomic E-state index is 0.0259. The SMILES string of the molecule is Cc1ccc(C#N)cc1C(F)(F)F.Cc1ccc(C#N)cc1C(F)(F)F.Cc1ccc(C#N)cc1C(F)(F)F.Cc1ccc(C(F)(F)F)cc1C(F)(F)F.Cc1ccc(F)cc1C(F)(F)F.Cc1ccc(F)cc1C(F)(F)F.Cc1ccc(F)cc1C(F)(F)F.Cc1ccc(F)cc1C(F)(F)F. The Balaban J connectivity index is 0.000000583. The van der Waals surface area contributed by atoms with Gasteiger partial charge in [0.2, 0.25) is 0 Å². The maximum absolute atomic E-state index is 12.4. The van der Waals surface area contributed by atoms with Crippen molar-refractivity contribution in [3.63, 3.8) is 0 Å². The molecule has 0 heterocycles. The highest BCUT2D eigenvalue weighted by Gasteiger charge is 2.40. The topological polar surface area (TPSA) is 71.4 Å². The number of aryl methyl sites for hydroxylation is 8. The highest BCUT2D eigenvalue weighted by molar-refractivity contribution is 5.42. The van der Waals surface area contributed by atoms with Crippen molar-refractivity contribution in [2.45, 2.75) is 111 Å². The van der Waals surface area contributed by atoms with Crippen molar-refractivity contribution < 1.29 is 136 Å². The summed E-state index contributed by atoms with van der Waals surface area (Å²) in [7, 11) is 0. The Hall–Kier alpha value is -9.94. The summed E-state index contributed by atoms with van der Waals surface area (Å²) in [5.74, 6) is -3.47. The number of halogens is 31. The molecule has 34 heteroatoms. The molecular weight excluding hydrogens is 1450 g/mol. The summed E-state index contributed by atoms with van der Waals surface area (Å²) in [5, 5.41) is 25.2. The average Bonchev–Trinajstić information content (AvgIpc) is 0.824. The van der Waals surface area contributed by atoms with Crippen LogP contribution in [0, 0.1) is 113 Å². The molecule has 0 aliphatic heterocycles. The molecule has 0 atom stereocenters. The van der Waals surface area contributed by atoms with E-state index in [1.807, 2.05) is 0 Å². The predicted molar refractivity (Wildman–Crippen MR) is 308 cm³/mol. The number of alkyl halides is 27. The van der Waals surface area contributed by atoms with Crippen molar-refractivity contribution in [2.75, 3.05) is 0 Å². The molecule has 0 fully saturated rings. The molecule has 0 radical (unpaired) electrons. The predicted octanol–water partition coefficient (Wildman–Crippen LogP) is 25.3. The molecule has 552 valence electrons. The highest BCUT2D eigenvalue weighted by atomic mass is 19.4. The van der Waals surface area contributed by atoms with Gasteiger partial charge in [0, 0.05) is 0 Å². The molecule has 0 saturated carbocycles. The lowest BCUT2D eigenvalue weighted by Crippen LogP contribution is -2.12. The Morgan fingerprint density at radius 1 is 0.196 bits per heavy atom. The minimum atomic E-state index is -4.76. The molecule has 0 aliphatic rings. The number of hydrogen-bond acceptors (Lipinski definition) is 3. The maximum atomic E-state index is 12.4. The van der Waals surface area contributed by atoms with E-state index in [0.717, 1.165) is 79.7 Å². The molecule has 0 aromatic heterocycles. The Labute approximate surface area is 559 Å². The van der Waals surface area contributed by atoms with Crippen molar-refractivity contribution in [3.05, 3.63) is 280 Å². The van der Waals surface area contributed by atoms with Gasteiger partial charge in [-0.15, -0.1) is 0 Å². The Morgan fingerprint density at radius 3 is 0.490 bits per heavy atom. The molecule has 0 bridgehead atoms. The standard InChI is InChI=1S/C9H6F6.3C9H6F3N.4C8H6F4/c1-5-2-3-6(8(10,11)12)4-7(5)9(13,14)15;3*1-6-2-3-7(5-13)4-8(6)9(10,11)12;4*1-5-2-3-6(9)4-7(5)8(10,11)12/h2-4H,1H3;3*2-4H,1H3;4*2-4H,1H3. The van der Waals surface area contributed by atoms with Gasteiger partial charge >= 0.3 is 55.6 Å². The zero-order valence-electron chi connectivity index (χ0n) is 52.9. The monoisotopic (exact) mass is 1500 g/mol. The van der Waals surface area contributed by atoms with Gasteiger partial charge in [-0.3, -0.25) is 0 Å². The van der Waals surface area contributed by atoms with Crippen molar-refractivity contribution in [1.29, 1.82) is 15.8 Å². The van der Waals surface area contributed by atoms with Crippen LogP contribution in [0.3, 0.4) is 0 Å². The van der Waals surface area contributed by atoms with Gasteiger partial charge in [0.25, 0.3) is 0 Å². The first kappa shape index (κ1) is 90.1. The Kier molecular flexibility index (Phi) is 31.9. The van der Waals surface area contributed by atoms with Crippen LogP contribution < -0.4 is 0 Å². The molecule has 0 spiro atoms. The van der Waals surface area contributed by atoms with Gasteiger partial charge < -0.3 is 0 Å². The summed E-state index contributed by atoms with van der Waals surface area (Å²) >= 11 is 0. The van der Waals surface area contributed by atoms with Crippen molar-refractivity contribution in [2.24, 2.45) is 0 Å². The zero-order chi connectivity index (χ0) is 79.4. The van der Waals surface area contributed by atoms with E-state index in [2.05, 4.69) is 0 Å². The first-order valence-corrected chi connectivity index (χ1v) is 27.4. The van der Waals surface area contributed by atoms with Crippen molar-refractivity contribution in [1.82, 2.24) is 0 Å². The third-order valence-electron chi connectivity index (χ3n) is 12.9. The molecule has 8 aromatic rings. The first-order chi connectivity index (χ1) is 46.1. The third kappa shape index (κ3) is 30.1. The van der Waals surface area contributed by atoms with Crippen LogP contribution >= 0.6 is 0 Å².